The number of benzene rings is 2. The van der Waals surface area contributed by atoms with Gasteiger partial charge in [0.1, 0.15) is 0 Å². The highest BCUT2D eigenvalue weighted by Crippen LogP contribution is 2.14. The summed E-state index contributed by atoms with van der Waals surface area (Å²) >= 11 is 7.51. The number of carbonyl (C=O) groups is 1. The zero-order valence-electron chi connectivity index (χ0n) is 10.8. The first-order chi connectivity index (χ1) is 9.69. The maximum Gasteiger partial charge on any atom is 0.271 e. The lowest BCUT2D eigenvalue weighted by atomic mass is 10.2. The molecule has 0 radical (unpaired) electrons. The molecule has 2 rings (SSSR count). The smallest absolute Gasteiger partial charge is 0.267 e. The molecule has 0 saturated heterocycles. The van der Waals surface area contributed by atoms with E-state index in [1.54, 1.807) is 42.2 Å². The van der Waals surface area contributed by atoms with E-state index in [0.717, 1.165) is 5.56 Å². The van der Waals surface area contributed by atoms with Gasteiger partial charge in [-0.05, 0) is 42.2 Å². The van der Waals surface area contributed by atoms with E-state index in [4.69, 9.17) is 11.6 Å². The number of hydrogen-bond donors (Lipinski definition) is 1. The van der Waals surface area contributed by atoms with Gasteiger partial charge >= 0.3 is 0 Å². The van der Waals surface area contributed by atoms with Gasteiger partial charge in [-0.1, -0.05) is 29.8 Å². The molecule has 0 bridgehead atoms. The summed E-state index contributed by atoms with van der Waals surface area (Å²) in [6.07, 6.45) is 3.63. The van der Waals surface area contributed by atoms with Crippen molar-refractivity contribution in [3.05, 3.63) is 64.7 Å². The Balaban J connectivity index is 1.97. The van der Waals surface area contributed by atoms with Crippen LogP contribution in [0, 0.1) is 0 Å². The number of nitrogens with zero attached hydrogens (tertiary/aromatic N) is 1. The molecule has 0 unspecified atom stereocenters. The molecule has 0 aromatic heterocycles. The molecule has 0 aliphatic carbocycles. The molecule has 0 heterocycles. The minimum absolute atomic E-state index is 0.288. The van der Waals surface area contributed by atoms with Gasteiger partial charge in [-0.25, -0.2) is 5.43 Å². The number of carbonyl (C=O) groups excluding carboxylic acids is 1. The number of thioether (sulfide) groups is 1. The van der Waals surface area contributed by atoms with Crippen LogP contribution in [0.3, 0.4) is 0 Å². The molecule has 1 amide bonds. The van der Waals surface area contributed by atoms with Crippen LogP contribution >= 0.6 is 23.4 Å². The Bertz CT molecular complexity index is 626. The normalized spacial score (nSPS) is 10.7. The molecule has 2 aromatic rings. The quantitative estimate of drug-likeness (QED) is 0.530. The summed E-state index contributed by atoms with van der Waals surface area (Å²) in [6, 6.07) is 14.6. The first kappa shape index (κ1) is 14.6. The van der Waals surface area contributed by atoms with Gasteiger partial charge in [0.15, 0.2) is 0 Å². The van der Waals surface area contributed by atoms with Gasteiger partial charge in [0, 0.05) is 15.5 Å². The average molecular weight is 305 g/mol. The number of hydrazone groups is 1. The van der Waals surface area contributed by atoms with E-state index in [9.17, 15) is 4.79 Å². The Hall–Kier alpha value is -1.78. The fraction of sp³-hybridized carbons (Fsp3) is 0.0667. The second-order valence-corrected chi connectivity index (χ2v) is 5.30. The zero-order chi connectivity index (χ0) is 14.4. The molecule has 102 valence electrons. The van der Waals surface area contributed by atoms with Crippen molar-refractivity contribution >= 4 is 35.5 Å². The molecule has 3 nitrogen and oxygen atoms in total. The summed E-state index contributed by atoms with van der Waals surface area (Å²) in [6.45, 7) is 0. The highest BCUT2D eigenvalue weighted by molar-refractivity contribution is 7.98. The fourth-order valence-electron chi connectivity index (χ4n) is 1.55. The van der Waals surface area contributed by atoms with Gasteiger partial charge in [-0.3, -0.25) is 4.79 Å². The van der Waals surface area contributed by atoms with Gasteiger partial charge in [0.05, 0.1) is 6.21 Å². The van der Waals surface area contributed by atoms with Gasteiger partial charge in [0.25, 0.3) is 5.91 Å². The van der Waals surface area contributed by atoms with Crippen LogP contribution in [-0.2, 0) is 0 Å². The van der Waals surface area contributed by atoms with Crippen molar-refractivity contribution in [1.29, 1.82) is 0 Å². The molecule has 0 atom stereocenters. The van der Waals surface area contributed by atoms with Crippen LogP contribution < -0.4 is 5.43 Å². The topological polar surface area (TPSA) is 41.5 Å². The Kier molecular flexibility index (Phi) is 5.21. The lowest BCUT2D eigenvalue weighted by Gasteiger charge is -2.00. The predicted octanol–water partition coefficient (Wildman–Crippen LogP) is 3.83. The van der Waals surface area contributed by atoms with Crippen molar-refractivity contribution < 1.29 is 4.79 Å². The first-order valence-corrected chi connectivity index (χ1v) is 7.52. The van der Waals surface area contributed by atoms with Crippen molar-refractivity contribution in [2.45, 2.75) is 4.90 Å². The van der Waals surface area contributed by atoms with Crippen molar-refractivity contribution in [3.8, 4) is 0 Å². The minimum Gasteiger partial charge on any atom is -0.267 e. The molecule has 0 aliphatic rings. The molecule has 5 heteroatoms. The predicted molar refractivity (Wildman–Crippen MR) is 84.7 cm³/mol. The lowest BCUT2D eigenvalue weighted by molar-refractivity contribution is 0.0955. The Labute approximate surface area is 127 Å². The molecule has 0 spiro atoms. The van der Waals surface area contributed by atoms with Crippen LogP contribution in [0.25, 0.3) is 0 Å². The van der Waals surface area contributed by atoms with Crippen LogP contribution in [0.2, 0.25) is 5.02 Å². The molecule has 2 aromatic carbocycles. The van der Waals surface area contributed by atoms with E-state index in [1.807, 2.05) is 30.5 Å². The third kappa shape index (κ3) is 4.11. The van der Waals surface area contributed by atoms with Gasteiger partial charge in [-0.2, -0.15) is 5.10 Å². The highest BCUT2D eigenvalue weighted by atomic mass is 35.5. The SMILES string of the molecule is CSc1ccc(C=NNC(=O)c2cccc(Cl)c2)cc1. The maximum atomic E-state index is 11.8. The Morgan fingerprint density at radius 2 is 2.00 bits per heavy atom. The standard InChI is InChI=1S/C15H13ClN2OS/c1-20-14-7-5-11(6-8-14)10-17-18-15(19)12-3-2-4-13(16)9-12/h2-10H,1H3,(H,18,19). The van der Waals surface area contributed by atoms with Crippen LogP contribution in [0.15, 0.2) is 58.5 Å². The van der Waals surface area contributed by atoms with E-state index >= 15 is 0 Å². The average Bonchev–Trinajstić information content (AvgIpc) is 2.48. The van der Waals surface area contributed by atoms with Gasteiger partial charge in [-0.15, -0.1) is 11.8 Å². The Morgan fingerprint density at radius 3 is 2.65 bits per heavy atom. The lowest BCUT2D eigenvalue weighted by Crippen LogP contribution is -2.17. The van der Waals surface area contributed by atoms with Crippen molar-refractivity contribution in [3.63, 3.8) is 0 Å². The molecule has 0 aliphatic heterocycles. The number of nitrogens with one attached hydrogen (secondary N) is 1. The fourth-order valence-corrected chi connectivity index (χ4v) is 2.15. The summed E-state index contributed by atoms with van der Waals surface area (Å²) in [4.78, 5) is 13.0. The number of halogens is 1. The largest absolute Gasteiger partial charge is 0.271 e. The third-order valence-electron chi connectivity index (χ3n) is 2.58. The monoisotopic (exact) mass is 304 g/mol. The summed E-state index contributed by atoms with van der Waals surface area (Å²) in [5, 5.41) is 4.45. The molecule has 1 N–H and O–H groups in total. The van der Waals surface area contributed by atoms with E-state index in [0.29, 0.717) is 10.6 Å². The van der Waals surface area contributed by atoms with E-state index < -0.39 is 0 Å². The number of hydrogen-bond acceptors (Lipinski definition) is 3. The van der Waals surface area contributed by atoms with E-state index in [-0.39, 0.29) is 5.91 Å². The number of rotatable bonds is 4. The summed E-state index contributed by atoms with van der Waals surface area (Å²) in [5.41, 5.74) is 3.87. The first-order valence-electron chi connectivity index (χ1n) is 5.92. The molecule has 0 saturated carbocycles. The highest BCUT2D eigenvalue weighted by Gasteiger charge is 2.03. The summed E-state index contributed by atoms with van der Waals surface area (Å²) < 4.78 is 0. The Morgan fingerprint density at radius 1 is 1.25 bits per heavy atom. The molecular formula is C15H13ClN2OS. The molecular weight excluding hydrogens is 292 g/mol. The molecule has 20 heavy (non-hydrogen) atoms. The minimum atomic E-state index is -0.288. The second kappa shape index (κ2) is 7.12. The van der Waals surface area contributed by atoms with Crippen LogP contribution in [0.4, 0.5) is 0 Å². The van der Waals surface area contributed by atoms with Crippen LogP contribution in [0.5, 0.6) is 0 Å². The van der Waals surface area contributed by atoms with Crippen molar-refractivity contribution in [2.75, 3.05) is 6.26 Å². The van der Waals surface area contributed by atoms with Crippen molar-refractivity contribution in [1.82, 2.24) is 5.43 Å². The van der Waals surface area contributed by atoms with Crippen LogP contribution in [0.1, 0.15) is 15.9 Å². The summed E-state index contributed by atoms with van der Waals surface area (Å²) in [5.74, 6) is -0.288. The maximum absolute atomic E-state index is 11.8. The van der Waals surface area contributed by atoms with Gasteiger partial charge < -0.3 is 0 Å². The van der Waals surface area contributed by atoms with Crippen LogP contribution in [-0.4, -0.2) is 18.4 Å². The molecule has 0 fully saturated rings. The second-order valence-electron chi connectivity index (χ2n) is 3.98. The third-order valence-corrected chi connectivity index (χ3v) is 3.56. The summed E-state index contributed by atoms with van der Waals surface area (Å²) in [7, 11) is 0. The van der Waals surface area contributed by atoms with Gasteiger partial charge in [0.2, 0.25) is 0 Å². The van der Waals surface area contributed by atoms with E-state index in [1.165, 1.54) is 4.90 Å². The van der Waals surface area contributed by atoms with Crippen molar-refractivity contribution in [2.24, 2.45) is 5.10 Å². The van der Waals surface area contributed by atoms with E-state index in [2.05, 4.69) is 10.5 Å². The zero-order valence-corrected chi connectivity index (χ0v) is 12.4. The number of amides is 1.